The Bertz CT molecular complexity index is 792. The molecular weight excluding hydrogens is 356 g/mol. The number of hydrogen-bond donors (Lipinski definition) is 1. The number of halogens is 1. The number of fused-ring (bicyclic) bond motifs is 1. The maximum atomic E-state index is 12.4. The highest BCUT2D eigenvalue weighted by Crippen LogP contribution is 2.38. The average Bonchev–Trinajstić information content (AvgIpc) is 2.90. The Morgan fingerprint density at radius 2 is 2.12 bits per heavy atom. The van der Waals surface area contributed by atoms with Gasteiger partial charge in [-0.2, -0.15) is 0 Å². The first kappa shape index (κ1) is 16.5. The molecule has 0 radical (unpaired) electrons. The lowest BCUT2D eigenvalue weighted by molar-refractivity contribution is 0.0606. The summed E-state index contributed by atoms with van der Waals surface area (Å²) in [5, 5.41) is 3.19. The van der Waals surface area contributed by atoms with Crippen LogP contribution < -0.4 is 14.8 Å². The summed E-state index contributed by atoms with van der Waals surface area (Å²) in [6.07, 6.45) is 2.08. The molecule has 2 heterocycles. The number of carbonyl (C=O) groups is 2. The second-order valence-corrected chi connectivity index (χ2v) is 6.25. The zero-order chi connectivity index (χ0) is 17.1. The van der Waals surface area contributed by atoms with Gasteiger partial charge in [-0.15, -0.1) is 0 Å². The van der Waals surface area contributed by atoms with Gasteiger partial charge < -0.3 is 14.2 Å². The van der Waals surface area contributed by atoms with Crippen LogP contribution in [0.5, 0.6) is 11.5 Å². The van der Waals surface area contributed by atoms with E-state index >= 15 is 0 Å². The van der Waals surface area contributed by atoms with Crippen molar-refractivity contribution in [1.82, 2.24) is 4.98 Å². The van der Waals surface area contributed by atoms with Crippen LogP contribution in [0.3, 0.4) is 0 Å². The van der Waals surface area contributed by atoms with Crippen LogP contribution in [0, 0.1) is 0 Å². The van der Waals surface area contributed by atoms with E-state index in [4.69, 9.17) is 21.1 Å². The molecular formula is C15H13ClN2O5S. The highest BCUT2D eigenvalue weighted by atomic mass is 35.5. The van der Waals surface area contributed by atoms with Gasteiger partial charge in [0, 0.05) is 12.0 Å². The fourth-order valence-electron chi connectivity index (χ4n) is 2.06. The number of nitrogens with one attached hydrogen (secondary N) is 1. The van der Waals surface area contributed by atoms with Crippen LogP contribution in [0.15, 0.2) is 18.3 Å². The molecule has 0 aliphatic carbocycles. The molecule has 24 heavy (non-hydrogen) atoms. The molecule has 1 amide bonds. The van der Waals surface area contributed by atoms with Crippen LogP contribution in [-0.2, 0) is 4.74 Å². The molecule has 0 atom stereocenters. The summed E-state index contributed by atoms with van der Waals surface area (Å²) in [7, 11) is 1.28. The summed E-state index contributed by atoms with van der Waals surface area (Å²) < 4.78 is 15.7. The predicted molar refractivity (Wildman–Crippen MR) is 88.5 cm³/mol. The standard InChI is InChI=1S/C15H13ClN2O5S/c1-21-14(20)11-7-17-15(24-11)18-13(19)8-5-9(16)12-10(6-8)22-3-2-4-23-12/h5-7H,2-4H2,1H3,(H,17,18,19). The SMILES string of the molecule is COC(=O)c1cnc(NC(=O)c2cc(Cl)c3c(c2)OCCCO3)s1. The number of carbonyl (C=O) groups excluding carboxylic acids is 2. The van der Waals surface area contributed by atoms with Crippen LogP contribution >= 0.6 is 22.9 Å². The number of ether oxygens (including phenoxy) is 3. The fraction of sp³-hybridized carbons (Fsp3) is 0.267. The molecule has 0 saturated heterocycles. The van der Waals surface area contributed by atoms with Crippen LogP contribution in [0.4, 0.5) is 5.13 Å². The normalized spacial score (nSPS) is 13.1. The van der Waals surface area contributed by atoms with Crippen molar-refractivity contribution in [3.8, 4) is 11.5 Å². The number of aromatic nitrogens is 1. The van der Waals surface area contributed by atoms with Gasteiger partial charge in [-0.3, -0.25) is 10.1 Å². The number of benzene rings is 1. The number of hydrogen-bond acceptors (Lipinski definition) is 7. The van der Waals surface area contributed by atoms with E-state index in [0.717, 1.165) is 17.8 Å². The molecule has 7 nitrogen and oxygen atoms in total. The van der Waals surface area contributed by atoms with Gasteiger partial charge in [0.2, 0.25) is 0 Å². The van der Waals surface area contributed by atoms with Crippen molar-refractivity contribution in [1.29, 1.82) is 0 Å². The smallest absolute Gasteiger partial charge is 0.349 e. The van der Waals surface area contributed by atoms with Gasteiger partial charge in [0.1, 0.15) is 4.88 Å². The Kier molecular flexibility index (Phi) is 4.86. The van der Waals surface area contributed by atoms with Crippen molar-refractivity contribution >= 4 is 39.9 Å². The molecule has 0 fully saturated rings. The van der Waals surface area contributed by atoms with E-state index in [0.29, 0.717) is 40.2 Å². The van der Waals surface area contributed by atoms with Crippen LogP contribution in [-0.4, -0.2) is 37.2 Å². The summed E-state index contributed by atoms with van der Waals surface area (Å²) in [5.74, 6) is -0.0579. The number of rotatable bonds is 3. The second kappa shape index (κ2) is 7.06. The lowest BCUT2D eigenvalue weighted by Crippen LogP contribution is -2.12. The molecule has 1 N–H and O–H groups in total. The Hall–Kier alpha value is -2.32. The molecule has 1 aliphatic rings. The van der Waals surface area contributed by atoms with E-state index in [1.54, 1.807) is 6.07 Å². The monoisotopic (exact) mass is 368 g/mol. The van der Waals surface area contributed by atoms with Gasteiger partial charge in [0.15, 0.2) is 16.6 Å². The third-order valence-corrected chi connectivity index (χ3v) is 4.35. The zero-order valence-corrected chi connectivity index (χ0v) is 14.2. The first-order valence-electron chi connectivity index (χ1n) is 7.03. The molecule has 1 aromatic carbocycles. The number of methoxy groups -OCH3 is 1. The van der Waals surface area contributed by atoms with Gasteiger partial charge in [0.25, 0.3) is 5.91 Å². The summed E-state index contributed by atoms with van der Waals surface area (Å²) in [6.45, 7) is 0.997. The van der Waals surface area contributed by atoms with Crippen molar-refractivity contribution in [3.63, 3.8) is 0 Å². The number of anilines is 1. The third kappa shape index (κ3) is 3.44. The lowest BCUT2D eigenvalue weighted by atomic mass is 10.2. The Morgan fingerprint density at radius 3 is 2.92 bits per heavy atom. The number of amides is 1. The summed E-state index contributed by atoms with van der Waals surface area (Å²) >= 11 is 7.19. The highest BCUT2D eigenvalue weighted by Gasteiger charge is 2.19. The molecule has 0 spiro atoms. The van der Waals surface area contributed by atoms with Gasteiger partial charge in [-0.25, -0.2) is 9.78 Å². The van der Waals surface area contributed by atoms with Crippen LogP contribution in [0.2, 0.25) is 5.02 Å². The molecule has 2 aromatic rings. The largest absolute Gasteiger partial charge is 0.489 e. The molecule has 1 aliphatic heterocycles. The van der Waals surface area contributed by atoms with Crippen molar-refractivity contribution in [3.05, 3.63) is 33.8 Å². The van der Waals surface area contributed by atoms with Crippen molar-refractivity contribution in [2.75, 3.05) is 25.6 Å². The highest BCUT2D eigenvalue weighted by molar-refractivity contribution is 7.17. The van der Waals surface area contributed by atoms with Crippen molar-refractivity contribution < 1.29 is 23.8 Å². The first-order valence-corrected chi connectivity index (χ1v) is 8.22. The summed E-state index contributed by atoms with van der Waals surface area (Å²) in [4.78, 5) is 28.0. The van der Waals surface area contributed by atoms with E-state index in [-0.39, 0.29) is 5.13 Å². The lowest BCUT2D eigenvalue weighted by Gasteiger charge is -2.11. The molecule has 9 heteroatoms. The third-order valence-electron chi connectivity index (χ3n) is 3.18. The fourth-order valence-corrected chi connectivity index (χ4v) is 3.05. The number of esters is 1. The Labute approximate surface area is 146 Å². The summed E-state index contributed by atoms with van der Waals surface area (Å²) in [6, 6.07) is 3.07. The maximum Gasteiger partial charge on any atom is 0.349 e. The van der Waals surface area contributed by atoms with Crippen molar-refractivity contribution in [2.45, 2.75) is 6.42 Å². The van der Waals surface area contributed by atoms with Crippen molar-refractivity contribution in [2.24, 2.45) is 0 Å². The molecule has 0 saturated carbocycles. The first-order chi connectivity index (χ1) is 11.6. The van der Waals surface area contributed by atoms with E-state index in [9.17, 15) is 9.59 Å². The van der Waals surface area contributed by atoms with E-state index in [1.807, 2.05) is 0 Å². The quantitative estimate of drug-likeness (QED) is 0.838. The maximum absolute atomic E-state index is 12.4. The van der Waals surface area contributed by atoms with Crippen LogP contribution in [0.1, 0.15) is 26.5 Å². The van der Waals surface area contributed by atoms with Gasteiger partial charge in [-0.1, -0.05) is 22.9 Å². The molecule has 0 unspecified atom stereocenters. The van der Waals surface area contributed by atoms with E-state index in [2.05, 4.69) is 15.0 Å². The van der Waals surface area contributed by atoms with E-state index < -0.39 is 11.9 Å². The summed E-state index contributed by atoms with van der Waals surface area (Å²) in [5.41, 5.74) is 0.305. The molecule has 3 rings (SSSR count). The van der Waals surface area contributed by atoms with Gasteiger partial charge in [-0.05, 0) is 12.1 Å². The minimum atomic E-state index is -0.508. The van der Waals surface area contributed by atoms with E-state index in [1.165, 1.54) is 19.4 Å². The minimum Gasteiger partial charge on any atom is -0.489 e. The minimum absolute atomic E-state index is 0.281. The Balaban J connectivity index is 1.80. The molecule has 126 valence electrons. The van der Waals surface area contributed by atoms with Crippen LogP contribution in [0.25, 0.3) is 0 Å². The molecule has 0 bridgehead atoms. The number of thiazole rings is 1. The van der Waals surface area contributed by atoms with Gasteiger partial charge in [0.05, 0.1) is 31.5 Å². The predicted octanol–water partition coefficient (Wildman–Crippen LogP) is 3.00. The average molecular weight is 369 g/mol. The Morgan fingerprint density at radius 1 is 1.33 bits per heavy atom. The van der Waals surface area contributed by atoms with Gasteiger partial charge >= 0.3 is 5.97 Å². The number of nitrogens with zero attached hydrogens (tertiary/aromatic N) is 1. The second-order valence-electron chi connectivity index (χ2n) is 4.81. The zero-order valence-electron chi connectivity index (χ0n) is 12.6. The topological polar surface area (TPSA) is 86.8 Å². The molecule has 1 aromatic heterocycles.